The summed E-state index contributed by atoms with van der Waals surface area (Å²) < 4.78 is 13.9. The van der Waals surface area contributed by atoms with Gasteiger partial charge >= 0.3 is 0 Å². The molecule has 0 aliphatic carbocycles. The highest BCUT2D eigenvalue weighted by molar-refractivity contribution is 5.80. The van der Waals surface area contributed by atoms with Crippen LogP contribution < -0.4 is 10.6 Å². The molecule has 0 saturated carbocycles. The van der Waals surface area contributed by atoms with Crippen LogP contribution in [0.15, 0.2) is 47.5 Å². The Labute approximate surface area is 142 Å². The number of nitrogens with zero attached hydrogens (tertiary/aromatic N) is 2. The first-order chi connectivity index (χ1) is 11.5. The molecule has 0 fully saturated rings. The lowest BCUT2D eigenvalue weighted by Crippen LogP contribution is -2.38. The SMILES string of the molecule is CN=C(NCc1ccc(C#N)cc1F)NC(C)c1ccccc1C. The van der Waals surface area contributed by atoms with Crippen LogP contribution in [0.5, 0.6) is 0 Å². The Kier molecular flexibility index (Phi) is 5.91. The van der Waals surface area contributed by atoms with Gasteiger partial charge in [0.05, 0.1) is 17.7 Å². The number of nitrogens with one attached hydrogen (secondary N) is 2. The first-order valence-electron chi connectivity index (χ1n) is 7.76. The Morgan fingerprint density at radius 3 is 2.67 bits per heavy atom. The molecular weight excluding hydrogens is 303 g/mol. The molecule has 5 heteroatoms. The molecule has 2 aromatic carbocycles. The van der Waals surface area contributed by atoms with Crippen LogP contribution in [-0.4, -0.2) is 13.0 Å². The second-order valence-electron chi connectivity index (χ2n) is 5.57. The molecule has 0 aliphatic heterocycles. The molecule has 0 radical (unpaired) electrons. The summed E-state index contributed by atoms with van der Waals surface area (Å²) in [7, 11) is 1.68. The lowest BCUT2D eigenvalue weighted by atomic mass is 10.0. The van der Waals surface area contributed by atoms with E-state index in [1.807, 2.05) is 18.2 Å². The maximum Gasteiger partial charge on any atom is 0.191 e. The minimum atomic E-state index is -0.399. The number of aliphatic imine (C=N–C) groups is 1. The third-order valence-corrected chi connectivity index (χ3v) is 3.86. The van der Waals surface area contributed by atoms with Gasteiger partial charge in [-0.05, 0) is 37.1 Å². The zero-order chi connectivity index (χ0) is 17.5. The maximum atomic E-state index is 13.9. The van der Waals surface area contributed by atoms with Crippen LogP contribution in [0.1, 0.15) is 35.2 Å². The van der Waals surface area contributed by atoms with Gasteiger partial charge in [0.15, 0.2) is 5.96 Å². The van der Waals surface area contributed by atoms with Crippen molar-refractivity contribution < 1.29 is 4.39 Å². The number of halogens is 1. The van der Waals surface area contributed by atoms with Gasteiger partial charge < -0.3 is 10.6 Å². The summed E-state index contributed by atoms with van der Waals surface area (Å²) in [5, 5.41) is 15.2. The van der Waals surface area contributed by atoms with Crippen molar-refractivity contribution in [2.45, 2.75) is 26.4 Å². The highest BCUT2D eigenvalue weighted by Gasteiger charge is 2.10. The number of nitriles is 1. The number of aryl methyl sites for hydroxylation is 1. The number of rotatable bonds is 4. The quantitative estimate of drug-likeness (QED) is 0.669. The summed E-state index contributed by atoms with van der Waals surface area (Å²) in [6.45, 7) is 4.41. The molecule has 0 heterocycles. The van der Waals surface area contributed by atoms with E-state index in [1.165, 1.54) is 17.2 Å². The summed E-state index contributed by atoms with van der Waals surface area (Å²) in [4.78, 5) is 4.18. The van der Waals surface area contributed by atoms with Crippen molar-refractivity contribution in [2.24, 2.45) is 4.99 Å². The fourth-order valence-electron chi connectivity index (χ4n) is 2.49. The van der Waals surface area contributed by atoms with Crippen LogP contribution in [-0.2, 0) is 6.54 Å². The van der Waals surface area contributed by atoms with Gasteiger partial charge in [-0.25, -0.2) is 4.39 Å². The highest BCUT2D eigenvalue weighted by Crippen LogP contribution is 2.16. The van der Waals surface area contributed by atoms with Crippen molar-refractivity contribution in [1.82, 2.24) is 10.6 Å². The summed E-state index contributed by atoms with van der Waals surface area (Å²) >= 11 is 0. The van der Waals surface area contributed by atoms with E-state index in [4.69, 9.17) is 5.26 Å². The summed E-state index contributed by atoms with van der Waals surface area (Å²) in [5.74, 6) is 0.193. The summed E-state index contributed by atoms with van der Waals surface area (Å²) in [6, 6.07) is 14.6. The van der Waals surface area contributed by atoms with Crippen LogP contribution in [0, 0.1) is 24.1 Å². The van der Waals surface area contributed by atoms with E-state index in [0.717, 1.165) is 0 Å². The summed E-state index contributed by atoms with van der Waals surface area (Å²) in [6.07, 6.45) is 0. The normalized spacial score (nSPS) is 12.4. The van der Waals surface area contributed by atoms with E-state index in [1.54, 1.807) is 19.2 Å². The van der Waals surface area contributed by atoms with Crippen LogP contribution in [0.3, 0.4) is 0 Å². The molecule has 0 aliphatic rings. The first-order valence-corrected chi connectivity index (χ1v) is 7.76. The molecule has 1 unspecified atom stereocenters. The van der Waals surface area contributed by atoms with E-state index in [-0.39, 0.29) is 12.6 Å². The largest absolute Gasteiger partial charge is 0.352 e. The van der Waals surface area contributed by atoms with Gasteiger partial charge in [-0.2, -0.15) is 5.26 Å². The fourth-order valence-corrected chi connectivity index (χ4v) is 2.49. The molecule has 2 N–H and O–H groups in total. The Bertz CT molecular complexity index is 777. The maximum absolute atomic E-state index is 13.9. The Morgan fingerprint density at radius 1 is 1.29 bits per heavy atom. The van der Waals surface area contributed by atoms with Crippen LogP contribution in [0.4, 0.5) is 4.39 Å². The standard InChI is InChI=1S/C19H21FN4/c1-13-6-4-5-7-17(13)14(2)24-19(22-3)23-12-16-9-8-15(11-21)10-18(16)20/h4-10,14H,12H2,1-3H3,(H2,22,23,24). The predicted octanol–water partition coefficient (Wildman–Crippen LogP) is 3.43. The van der Waals surface area contributed by atoms with Gasteiger partial charge in [-0.15, -0.1) is 0 Å². The fraction of sp³-hybridized carbons (Fsp3) is 0.263. The smallest absolute Gasteiger partial charge is 0.191 e. The third kappa shape index (κ3) is 4.32. The van der Waals surface area contributed by atoms with E-state index < -0.39 is 5.82 Å². The monoisotopic (exact) mass is 324 g/mol. The minimum absolute atomic E-state index is 0.0724. The second-order valence-corrected chi connectivity index (χ2v) is 5.57. The minimum Gasteiger partial charge on any atom is -0.352 e. The van der Waals surface area contributed by atoms with E-state index in [2.05, 4.69) is 41.6 Å². The molecule has 0 aromatic heterocycles. The number of hydrogen-bond donors (Lipinski definition) is 2. The number of benzene rings is 2. The first kappa shape index (κ1) is 17.5. The van der Waals surface area contributed by atoms with Crippen molar-refractivity contribution in [3.05, 3.63) is 70.5 Å². The molecule has 1 atom stereocenters. The van der Waals surface area contributed by atoms with Crippen molar-refractivity contribution in [1.29, 1.82) is 5.26 Å². The van der Waals surface area contributed by atoms with E-state index in [9.17, 15) is 4.39 Å². The van der Waals surface area contributed by atoms with Crippen LogP contribution in [0.2, 0.25) is 0 Å². The van der Waals surface area contributed by atoms with E-state index >= 15 is 0 Å². The van der Waals surface area contributed by atoms with Gasteiger partial charge in [-0.1, -0.05) is 30.3 Å². The van der Waals surface area contributed by atoms with Crippen LogP contribution >= 0.6 is 0 Å². The van der Waals surface area contributed by atoms with Crippen molar-refractivity contribution in [3.63, 3.8) is 0 Å². The highest BCUT2D eigenvalue weighted by atomic mass is 19.1. The molecule has 0 saturated heterocycles. The second kappa shape index (κ2) is 8.11. The Balaban J connectivity index is 2.01. The van der Waals surface area contributed by atoms with Gasteiger partial charge in [-0.3, -0.25) is 4.99 Å². The molecule has 24 heavy (non-hydrogen) atoms. The molecule has 0 spiro atoms. The molecule has 0 amide bonds. The zero-order valence-corrected chi connectivity index (χ0v) is 14.1. The third-order valence-electron chi connectivity index (χ3n) is 3.86. The zero-order valence-electron chi connectivity index (χ0n) is 14.1. The van der Waals surface area contributed by atoms with Crippen molar-refractivity contribution in [2.75, 3.05) is 7.05 Å². The number of guanidine groups is 1. The predicted molar refractivity (Wildman–Crippen MR) is 94.0 cm³/mol. The van der Waals surface area contributed by atoms with Gasteiger partial charge in [0.1, 0.15) is 5.82 Å². The van der Waals surface area contributed by atoms with Crippen molar-refractivity contribution in [3.8, 4) is 6.07 Å². The van der Waals surface area contributed by atoms with Gasteiger partial charge in [0.25, 0.3) is 0 Å². The molecule has 4 nitrogen and oxygen atoms in total. The molecular formula is C19H21FN4. The molecule has 2 rings (SSSR count). The molecule has 0 bridgehead atoms. The topological polar surface area (TPSA) is 60.2 Å². The van der Waals surface area contributed by atoms with Gasteiger partial charge in [0.2, 0.25) is 0 Å². The van der Waals surface area contributed by atoms with Crippen LogP contribution in [0.25, 0.3) is 0 Å². The number of hydrogen-bond acceptors (Lipinski definition) is 2. The molecule has 124 valence electrons. The average molecular weight is 324 g/mol. The lowest BCUT2D eigenvalue weighted by Gasteiger charge is -2.20. The Hall–Kier alpha value is -2.87. The summed E-state index contributed by atoms with van der Waals surface area (Å²) in [5.41, 5.74) is 3.18. The Morgan fingerprint density at radius 2 is 2.04 bits per heavy atom. The van der Waals surface area contributed by atoms with Crippen molar-refractivity contribution >= 4 is 5.96 Å². The lowest BCUT2D eigenvalue weighted by molar-refractivity contribution is 0.602. The molecule has 2 aromatic rings. The van der Waals surface area contributed by atoms with Gasteiger partial charge in [0, 0.05) is 19.2 Å². The van der Waals surface area contributed by atoms with E-state index in [0.29, 0.717) is 17.1 Å². The average Bonchev–Trinajstić information content (AvgIpc) is 2.59.